The van der Waals surface area contributed by atoms with E-state index in [1.807, 2.05) is 19.2 Å². The molecule has 2 heterocycles. The van der Waals surface area contributed by atoms with Crippen LogP contribution in [-0.4, -0.2) is 15.0 Å². The molecule has 0 saturated carbocycles. The summed E-state index contributed by atoms with van der Waals surface area (Å²) in [5.74, 6) is 7.03. The average molecular weight is 295 g/mol. The van der Waals surface area contributed by atoms with Crippen molar-refractivity contribution in [3.63, 3.8) is 0 Å². The lowest BCUT2D eigenvalue weighted by Crippen LogP contribution is -2.13. The molecule has 0 aliphatic carbocycles. The van der Waals surface area contributed by atoms with Crippen molar-refractivity contribution < 1.29 is 0 Å². The Morgan fingerprint density at radius 3 is 2.68 bits per heavy atom. The number of thiazole rings is 1. The molecule has 0 spiro atoms. The maximum absolute atomic E-state index is 5.52. The molecule has 0 fully saturated rings. The SMILES string of the molecule is CCCc1nc(NN)c(C)c(Sc2nc(C)cs2)n1. The van der Waals surface area contributed by atoms with E-state index in [1.165, 1.54) is 0 Å². The van der Waals surface area contributed by atoms with Crippen LogP contribution in [0.5, 0.6) is 0 Å². The second kappa shape index (κ2) is 6.31. The van der Waals surface area contributed by atoms with E-state index in [-0.39, 0.29) is 0 Å². The Balaban J connectivity index is 2.34. The second-order valence-electron chi connectivity index (χ2n) is 4.17. The fourth-order valence-electron chi connectivity index (χ4n) is 1.58. The Morgan fingerprint density at radius 2 is 2.11 bits per heavy atom. The quantitative estimate of drug-likeness (QED) is 0.502. The van der Waals surface area contributed by atoms with Crippen LogP contribution in [0.4, 0.5) is 5.82 Å². The summed E-state index contributed by atoms with van der Waals surface area (Å²) in [4.78, 5) is 13.5. The molecule has 3 N–H and O–H groups in total. The van der Waals surface area contributed by atoms with E-state index in [1.54, 1.807) is 23.1 Å². The standard InChI is InChI=1S/C12H17N5S2/c1-4-5-9-15-10(17-13)8(3)11(16-9)19-12-14-7(2)6-18-12/h6H,4-5,13H2,1-3H3,(H,15,16,17). The molecule has 0 amide bonds. The van der Waals surface area contributed by atoms with Gasteiger partial charge in [0.1, 0.15) is 16.7 Å². The first-order chi connectivity index (χ1) is 9.13. The van der Waals surface area contributed by atoms with Crippen LogP contribution in [0.15, 0.2) is 14.7 Å². The number of nitrogen functional groups attached to an aromatic ring is 1. The van der Waals surface area contributed by atoms with Gasteiger partial charge in [0.05, 0.1) is 0 Å². The topological polar surface area (TPSA) is 76.7 Å². The van der Waals surface area contributed by atoms with Crippen LogP contribution in [0.25, 0.3) is 0 Å². The number of aryl methyl sites for hydroxylation is 2. The number of rotatable bonds is 5. The van der Waals surface area contributed by atoms with Crippen molar-refractivity contribution >= 4 is 28.9 Å². The summed E-state index contributed by atoms with van der Waals surface area (Å²) in [6, 6.07) is 0. The fourth-order valence-corrected chi connectivity index (χ4v) is 3.43. The van der Waals surface area contributed by atoms with Gasteiger partial charge in [-0.3, -0.25) is 0 Å². The fraction of sp³-hybridized carbons (Fsp3) is 0.417. The normalized spacial score (nSPS) is 10.7. The highest BCUT2D eigenvalue weighted by Gasteiger charge is 2.12. The zero-order valence-electron chi connectivity index (χ0n) is 11.2. The smallest absolute Gasteiger partial charge is 0.156 e. The van der Waals surface area contributed by atoms with E-state index >= 15 is 0 Å². The maximum Gasteiger partial charge on any atom is 0.156 e. The van der Waals surface area contributed by atoms with Crippen LogP contribution in [0.2, 0.25) is 0 Å². The van der Waals surface area contributed by atoms with Gasteiger partial charge in [-0.05, 0) is 32.0 Å². The van der Waals surface area contributed by atoms with E-state index in [9.17, 15) is 0 Å². The Labute approximate surface area is 121 Å². The van der Waals surface area contributed by atoms with E-state index in [0.717, 1.165) is 39.3 Å². The van der Waals surface area contributed by atoms with Gasteiger partial charge in [-0.15, -0.1) is 11.3 Å². The van der Waals surface area contributed by atoms with Gasteiger partial charge in [0.2, 0.25) is 0 Å². The van der Waals surface area contributed by atoms with E-state index in [0.29, 0.717) is 5.82 Å². The van der Waals surface area contributed by atoms with Gasteiger partial charge in [0.15, 0.2) is 4.34 Å². The summed E-state index contributed by atoms with van der Waals surface area (Å²) in [6.07, 6.45) is 1.85. The van der Waals surface area contributed by atoms with Gasteiger partial charge in [0.25, 0.3) is 0 Å². The third kappa shape index (κ3) is 3.43. The first kappa shape index (κ1) is 14.2. The molecule has 7 heteroatoms. The predicted octanol–water partition coefficient (Wildman–Crippen LogP) is 2.94. The molecule has 2 aromatic rings. The number of nitrogens with one attached hydrogen (secondary N) is 1. The first-order valence-electron chi connectivity index (χ1n) is 6.08. The molecular weight excluding hydrogens is 278 g/mol. The van der Waals surface area contributed by atoms with Gasteiger partial charge in [-0.2, -0.15) is 0 Å². The molecule has 0 aromatic carbocycles. The molecule has 2 rings (SSSR count). The van der Waals surface area contributed by atoms with E-state index < -0.39 is 0 Å². The summed E-state index contributed by atoms with van der Waals surface area (Å²) < 4.78 is 0.990. The van der Waals surface area contributed by atoms with E-state index in [2.05, 4.69) is 27.3 Å². The minimum atomic E-state index is 0.689. The molecule has 0 atom stereocenters. The van der Waals surface area contributed by atoms with Crippen LogP contribution in [0, 0.1) is 13.8 Å². The van der Waals surface area contributed by atoms with Crippen molar-refractivity contribution in [2.24, 2.45) is 5.84 Å². The largest absolute Gasteiger partial charge is 0.308 e. The lowest BCUT2D eigenvalue weighted by Gasteiger charge is -2.10. The van der Waals surface area contributed by atoms with Crippen molar-refractivity contribution in [3.05, 3.63) is 22.5 Å². The van der Waals surface area contributed by atoms with Crippen molar-refractivity contribution in [2.75, 3.05) is 5.43 Å². The van der Waals surface area contributed by atoms with Gasteiger partial charge >= 0.3 is 0 Å². The number of anilines is 1. The van der Waals surface area contributed by atoms with Crippen LogP contribution in [-0.2, 0) is 6.42 Å². The molecule has 0 unspecified atom stereocenters. The number of aromatic nitrogens is 3. The number of hydrogen-bond donors (Lipinski definition) is 2. The zero-order chi connectivity index (χ0) is 13.8. The molecule has 19 heavy (non-hydrogen) atoms. The third-order valence-corrected chi connectivity index (χ3v) is 4.69. The number of hydrazine groups is 1. The van der Waals surface area contributed by atoms with Gasteiger partial charge in [-0.1, -0.05) is 6.92 Å². The van der Waals surface area contributed by atoms with Crippen LogP contribution >= 0.6 is 23.1 Å². The van der Waals surface area contributed by atoms with Gasteiger partial charge in [-0.25, -0.2) is 20.8 Å². The molecule has 0 saturated heterocycles. The Hall–Kier alpha value is -1.18. The van der Waals surface area contributed by atoms with Crippen molar-refractivity contribution in [1.82, 2.24) is 15.0 Å². The summed E-state index contributed by atoms with van der Waals surface area (Å²) in [7, 11) is 0. The zero-order valence-corrected chi connectivity index (χ0v) is 12.9. The Kier molecular flexibility index (Phi) is 4.73. The third-order valence-electron chi connectivity index (χ3n) is 2.54. The first-order valence-corrected chi connectivity index (χ1v) is 7.77. The molecule has 102 valence electrons. The van der Waals surface area contributed by atoms with Crippen LogP contribution in [0.3, 0.4) is 0 Å². The number of nitrogens with zero attached hydrogens (tertiary/aromatic N) is 3. The van der Waals surface area contributed by atoms with Crippen LogP contribution < -0.4 is 11.3 Å². The molecule has 0 bridgehead atoms. The van der Waals surface area contributed by atoms with Crippen LogP contribution in [0.1, 0.15) is 30.4 Å². The minimum Gasteiger partial charge on any atom is -0.308 e. The van der Waals surface area contributed by atoms with Crippen molar-refractivity contribution in [2.45, 2.75) is 43.0 Å². The Morgan fingerprint density at radius 1 is 1.32 bits per heavy atom. The monoisotopic (exact) mass is 295 g/mol. The highest BCUT2D eigenvalue weighted by molar-refractivity contribution is 8.01. The summed E-state index contributed by atoms with van der Waals surface area (Å²) in [5, 5.41) is 2.95. The van der Waals surface area contributed by atoms with Gasteiger partial charge in [0, 0.05) is 23.1 Å². The highest BCUT2D eigenvalue weighted by atomic mass is 32.2. The van der Waals surface area contributed by atoms with E-state index in [4.69, 9.17) is 5.84 Å². The lowest BCUT2D eigenvalue weighted by atomic mass is 10.3. The molecule has 0 aliphatic rings. The minimum absolute atomic E-state index is 0.689. The Bertz CT molecular complexity index is 567. The molecule has 5 nitrogen and oxygen atoms in total. The second-order valence-corrected chi connectivity index (χ2v) is 6.26. The lowest BCUT2D eigenvalue weighted by molar-refractivity contribution is 0.802. The van der Waals surface area contributed by atoms with Crippen molar-refractivity contribution in [3.8, 4) is 0 Å². The number of nitrogens with two attached hydrogens (primary N) is 1. The maximum atomic E-state index is 5.52. The molecular formula is C12H17N5S2. The highest BCUT2D eigenvalue weighted by Crippen LogP contribution is 2.33. The summed E-state index contributed by atoms with van der Waals surface area (Å²) >= 11 is 3.19. The van der Waals surface area contributed by atoms with Gasteiger partial charge < -0.3 is 5.43 Å². The average Bonchev–Trinajstić information content (AvgIpc) is 2.79. The summed E-state index contributed by atoms with van der Waals surface area (Å²) in [5.41, 5.74) is 4.64. The predicted molar refractivity (Wildman–Crippen MR) is 79.5 cm³/mol. The number of hydrogen-bond acceptors (Lipinski definition) is 7. The summed E-state index contributed by atoms with van der Waals surface area (Å²) in [6.45, 7) is 6.06. The molecule has 0 aliphatic heterocycles. The van der Waals surface area contributed by atoms with Crippen molar-refractivity contribution in [1.29, 1.82) is 0 Å². The molecule has 0 radical (unpaired) electrons. The molecule has 2 aromatic heterocycles.